The molecule has 0 bridgehead atoms. The van der Waals surface area contributed by atoms with E-state index in [1.165, 1.54) is 26.2 Å². The van der Waals surface area contributed by atoms with Crippen molar-refractivity contribution in [1.29, 1.82) is 0 Å². The lowest BCUT2D eigenvalue weighted by Crippen LogP contribution is -2.52. The highest BCUT2D eigenvalue weighted by Crippen LogP contribution is 2.26. The summed E-state index contributed by atoms with van der Waals surface area (Å²) >= 11 is 0. The minimum absolute atomic E-state index is 0.128. The number of para-hydroxylation sites is 1. The molecule has 1 aliphatic heterocycles. The Labute approximate surface area is 161 Å². The third-order valence-electron chi connectivity index (χ3n) is 4.79. The van der Waals surface area contributed by atoms with Crippen molar-refractivity contribution in [3.8, 4) is 5.69 Å². The number of barbiturate groups is 1. The van der Waals surface area contributed by atoms with Crippen LogP contribution in [0.1, 0.15) is 27.3 Å². The molecule has 1 aromatic heterocycles. The molecule has 8 heteroatoms. The highest BCUT2D eigenvalue weighted by atomic mass is 16.4. The van der Waals surface area contributed by atoms with Crippen molar-refractivity contribution in [3.05, 3.63) is 58.4 Å². The molecular weight excluding hydrogens is 362 g/mol. The van der Waals surface area contributed by atoms with E-state index in [0.29, 0.717) is 16.9 Å². The molecule has 0 spiro atoms. The van der Waals surface area contributed by atoms with Gasteiger partial charge < -0.3 is 9.67 Å². The number of likely N-dealkylation sites (N-methyl/N-ethyl adjacent to an activating group) is 2. The van der Waals surface area contributed by atoms with Gasteiger partial charge in [0.1, 0.15) is 5.57 Å². The fourth-order valence-corrected chi connectivity index (χ4v) is 3.28. The van der Waals surface area contributed by atoms with E-state index in [1.807, 2.05) is 0 Å². The van der Waals surface area contributed by atoms with Gasteiger partial charge in [0.2, 0.25) is 0 Å². The number of amides is 4. The van der Waals surface area contributed by atoms with E-state index in [-0.39, 0.29) is 11.1 Å². The number of carbonyl (C=O) groups excluding carboxylic acids is 3. The van der Waals surface area contributed by atoms with Crippen molar-refractivity contribution in [2.75, 3.05) is 14.1 Å². The van der Waals surface area contributed by atoms with Crippen molar-refractivity contribution in [3.63, 3.8) is 0 Å². The summed E-state index contributed by atoms with van der Waals surface area (Å²) in [6.07, 6.45) is 1.44. The van der Waals surface area contributed by atoms with Gasteiger partial charge in [0.25, 0.3) is 11.8 Å². The Kier molecular flexibility index (Phi) is 4.64. The average Bonchev–Trinajstić information content (AvgIpc) is 2.95. The van der Waals surface area contributed by atoms with E-state index in [4.69, 9.17) is 0 Å². The maximum atomic E-state index is 12.4. The van der Waals surface area contributed by atoms with Gasteiger partial charge in [-0.05, 0) is 43.7 Å². The number of nitrogens with zero attached hydrogens (tertiary/aromatic N) is 3. The SMILES string of the molecule is Cc1cc(C=C2C(=O)N(C)C(=O)N(C)C2=O)c(C)n1-c1ccccc1C(=O)O. The van der Waals surface area contributed by atoms with Gasteiger partial charge in [-0.1, -0.05) is 12.1 Å². The highest BCUT2D eigenvalue weighted by Gasteiger charge is 2.38. The van der Waals surface area contributed by atoms with Gasteiger partial charge in [-0.15, -0.1) is 0 Å². The third-order valence-corrected chi connectivity index (χ3v) is 4.79. The van der Waals surface area contributed by atoms with E-state index in [1.54, 1.807) is 42.7 Å². The zero-order valence-corrected chi connectivity index (χ0v) is 15.9. The number of imide groups is 2. The molecule has 1 aliphatic rings. The molecule has 0 atom stereocenters. The van der Waals surface area contributed by atoms with Crippen LogP contribution in [0.25, 0.3) is 11.8 Å². The fourth-order valence-electron chi connectivity index (χ4n) is 3.28. The molecule has 1 fully saturated rings. The number of urea groups is 1. The second kappa shape index (κ2) is 6.80. The first kappa shape index (κ1) is 19.1. The zero-order valence-electron chi connectivity index (χ0n) is 15.9. The molecule has 4 amide bonds. The first-order valence-electron chi connectivity index (χ1n) is 8.48. The standard InChI is InChI=1S/C20H19N3O5/c1-11-9-13(10-15-17(24)21(3)20(28)22(4)18(15)25)12(2)23(11)16-8-6-5-7-14(16)19(26)27/h5-10H,1-4H3,(H,26,27). The van der Waals surface area contributed by atoms with E-state index in [9.17, 15) is 24.3 Å². The van der Waals surface area contributed by atoms with Crippen LogP contribution >= 0.6 is 0 Å². The molecule has 0 radical (unpaired) electrons. The van der Waals surface area contributed by atoms with Crippen LogP contribution in [0.4, 0.5) is 4.79 Å². The summed E-state index contributed by atoms with van der Waals surface area (Å²) in [4.78, 5) is 50.0. The number of rotatable bonds is 3. The van der Waals surface area contributed by atoms with Gasteiger partial charge in [-0.25, -0.2) is 9.59 Å². The molecular formula is C20H19N3O5. The topological polar surface area (TPSA) is 99.9 Å². The van der Waals surface area contributed by atoms with Crippen LogP contribution in [0.3, 0.4) is 0 Å². The van der Waals surface area contributed by atoms with Crippen LogP contribution in [-0.2, 0) is 9.59 Å². The highest BCUT2D eigenvalue weighted by molar-refractivity contribution is 6.30. The number of hydrogen-bond acceptors (Lipinski definition) is 4. The van der Waals surface area contributed by atoms with Crippen molar-refractivity contribution < 1.29 is 24.3 Å². The number of hydrogen-bond donors (Lipinski definition) is 1. The van der Waals surface area contributed by atoms with Crippen molar-refractivity contribution in [1.82, 2.24) is 14.4 Å². The van der Waals surface area contributed by atoms with Crippen LogP contribution in [0.5, 0.6) is 0 Å². The van der Waals surface area contributed by atoms with Crippen LogP contribution in [0.2, 0.25) is 0 Å². The van der Waals surface area contributed by atoms with Gasteiger partial charge in [0, 0.05) is 25.5 Å². The van der Waals surface area contributed by atoms with Crippen LogP contribution in [0.15, 0.2) is 35.9 Å². The summed E-state index contributed by atoms with van der Waals surface area (Å²) < 4.78 is 1.76. The smallest absolute Gasteiger partial charge is 0.337 e. The second-order valence-corrected chi connectivity index (χ2v) is 6.55. The summed E-state index contributed by atoms with van der Waals surface area (Å²) in [5.74, 6) is -2.41. The third kappa shape index (κ3) is 2.88. The monoisotopic (exact) mass is 381 g/mol. The Balaban J connectivity index is 2.15. The molecule has 28 heavy (non-hydrogen) atoms. The van der Waals surface area contributed by atoms with Crippen LogP contribution in [0, 0.1) is 13.8 Å². The molecule has 8 nitrogen and oxygen atoms in total. The largest absolute Gasteiger partial charge is 0.478 e. The Morgan fingerprint density at radius 3 is 2.14 bits per heavy atom. The molecule has 0 unspecified atom stereocenters. The van der Waals surface area contributed by atoms with Gasteiger partial charge in [0.15, 0.2) is 0 Å². The van der Waals surface area contributed by atoms with Crippen LogP contribution < -0.4 is 0 Å². The summed E-state index contributed by atoms with van der Waals surface area (Å²) in [6.45, 7) is 3.58. The predicted molar refractivity (Wildman–Crippen MR) is 101 cm³/mol. The van der Waals surface area contributed by atoms with E-state index in [0.717, 1.165) is 15.5 Å². The Morgan fingerprint density at radius 1 is 1.00 bits per heavy atom. The minimum atomic E-state index is -1.05. The molecule has 0 aliphatic carbocycles. The van der Waals surface area contributed by atoms with E-state index < -0.39 is 23.8 Å². The first-order valence-corrected chi connectivity index (χ1v) is 8.48. The van der Waals surface area contributed by atoms with Crippen LogP contribution in [-0.4, -0.2) is 57.4 Å². The quantitative estimate of drug-likeness (QED) is 0.649. The lowest BCUT2D eigenvalue weighted by molar-refractivity contribution is -0.134. The van der Waals surface area contributed by atoms with E-state index >= 15 is 0 Å². The van der Waals surface area contributed by atoms with Gasteiger partial charge >= 0.3 is 12.0 Å². The molecule has 1 saturated heterocycles. The number of carboxylic acids is 1. The summed E-state index contributed by atoms with van der Waals surface area (Å²) in [5.41, 5.74) is 2.49. The molecule has 1 aromatic carbocycles. The van der Waals surface area contributed by atoms with Crippen molar-refractivity contribution >= 4 is 29.9 Å². The molecule has 144 valence electrons. The lowest BCUT2D eigenvalue weighted by atomic mass is 10.1. The molecule has 2 aromatic rings. The van der Waals surface area contributed by atoms with Gasteiger partial charge in [-0.3, -0.25) is 19.4 Å². The predicted octanol–water partition coefficient (Wildman–Crippen LogP) is 2.23. The maximum absolute atomic E-state index is 12.4. The Morgan fingerprint density at radius 2 is 1.57 bits per heavy atom. The van der Waals surface area contributed by atoms with E-state index in [2.05, 4.69) is 0 Å². The normalized spacial score (nSPS) is 14.7. The number of aromatic carboxylic acids is 1. The van der Waals surface area contributed by atoms with Crippen molar-refractivity contribution in [2.24, 2.45) is 0 Å². The summed E-state index contributed by atoms with van der Waals surface area (Å²) in [6, 6.07) is 7.66. The lowest BCUT2D eigenvalue weighted by Gasteiger charge is -2.28. The Hall–Kier alpha value is -3.68. The van der Waals surface area contributed by atoms with Gasteiger partial charge in [0.05, 0.1) is 11.3 Å². The minimum Gasteiger partial charge on any atom is -0.478 e. The molecule has 2 heterocycles. The van der Waals surface area contributed by atoms with Crippen molar-refractivity contribution in [2.45, 2.75) is 13.8 Å². The average molecular weight is 381 g/mol. The number of carbonyl (C=O) groups is 4. The zero-order chi connectivity index (χ0) is 20.7. The number of benzene rings is 1. The second-order valence-electron chi connectivity index (χ2n) is 6.55. The first-order chi connectivity index (χ1) is 13.1. The molecule has 0 saturated carbocycles. The Bertz CT molecular complexity index is 1040. The number of aryl methyl sites for hydroxylation is 1. The maximum Gasteiger partial charge on any atom is 0.337 e. The molecule has 3 rings (SSSR count). The number of carboxylic acid groups (broad SMARTS) is 1. The fraction of sp³-hybridized carbons (Fsp3) is 0.200. The molecule has 1 N–H and O–H groups in total. The summed E-state index contributed by atoms with van der Waals surface area (Å²) in [5, 5.41) is 9.47. The summed E-state index contributed by atoms with van der Waals surface area (Å²) in [7, 11) is 2.63. The van der Waals surface area contributed by atoms with Gasteiger partial charge in [-0.2, -0.15) is 0 Å². The number of aromatic nitrogens is 1.